The van der Waals surface area contributed by atoms with Crippen LogP contribution in [0.15, 0.2) is 88.4 Å². The predicted octanol–water partition coefficient (Wildman–Crippen LogP) is 5.93. The van der Waals surface area contributed by atoms with E-state index in [2.05, 4.69) is 59.1 Å². The van der Waals surface area contributed by atoms with Gasteiger partial charge in [-0.15, -0.1) is 5.10 Å². The summed E-state index contributed by atoms with van der Waals surface area (Å²) < 4.78 is 11.8. The molecule has 0 radical (unpaired) electrons. The minimum absolute atomic E-state index is 0.553. The Kier molecular flexibility index (Phi) is 4.17. The van der Waals surface area contributed by atoms with Crippen molar-refractivity contribution in [1.82, 2.24) is 5.43 Å². The largest absolute Gasteiger partial charge is 0.480 e. The van der Waals surface area contributed by atoms with Crippen LogP contribution >= 0.6 is 0 Å². The Balaban J connectivity index is 1.82. The summed E-state index contributed by atoms with van der Waals surface area (Å²) >= 11 is 0. The molecule has 4 nitrogen and oxygen atoms in total. The quantitative estimate of drug-likeness (QED) is 0.240. The number of para-hydroxylation sites is 2. The second kappa shape index (κ2) is 6.99. The van der Waals surface area contributed by atoms with Crippen LogP contribution in [0.5, 0.6) is 0 Å². The normalized spacial score (nSPS) is 12.0. The fourth-order valence-electron chi connectivity index (χ4n) is 4.01. The number of hydrogen-bond acceptors (Lipinski definition) is 4. The average Bonchev–Trinajstić information content (AvgIpc) is 3.16. The van der Waals surface area contributed by atoms with Gasteiger partial charge < -0.3 is 14.6 Å². The molecule has 1 aromatic heterocycles. The van der Waals surface area contributed by atoms with Crippen LogP contribution in [-0.4, -0.2) is 20.1 Å². The molecule has 142 valence electrons. The first-order valence-corrected chi connectivity index (χ1v) is 9.53. The first-order chi connectivity index (χ1) is 14.3. The van der Waals surface area contributed by atoms with E-state index < -0.39 is 0 Å². The zero-order valence-electron chi connectivity index (χ0n) is 16.3. The summed E-state index contributed by atoms with van der Waals surface area (Å²) in [6.45, 7) is 0. The number of nitrogens with one attached hydrogen (secondary N) is 1. The van der Waals surface area contributed by atoms with Gasteiger partial charge in [0.1, 0.15) is 11.2 Å². The number of nitrogens with zero attached hydrogens (tertiary/aromatic N) is 1. The molecule has 1 heterocycles. The van der Waals surface area contributed by atoms with Crippen LogP contribution in [0, 0.1) is 0 Å². The smallest absolute Gasteiger partial charge is 0.238 e. The molecule has 5 aromatic rings. The van der Waals surface area contributed by atoms with Crippen molar-refractivity contribution in [3.63, 3.8) is 0 Å². The van der Waals surface area contributed by atoms with E-state index in [-0.39, 0.29) is 0 Å². The third kappa shape index (κ3) is 2.72. The number of benzene rings is 4. The van der Waals surface area contributed by atoms with E-state index in [0.29, 0.717) is 5.90 Å². The lowest BCUT2D eigenvalue weighted by molar-refractivity contribution is 0.400. The number of ether oxygens (including phenoxy) is 1. The molecule has 0 aliphatic rings. The van der Waals surface area contributed by atoms with Crippen molar-refractivity contribution in [2.75, 3.05) is 14.2 Å². The molecule has 0 aliphatic heterocycles. The molecule has 0 atom stereocenters. The van der Waals surface area contributed by atoms with Crippen molar-refractivity contribution in [2.24, 2.45) is 5.10 Å². The predicted molar refractivity (Wildman–Crippen MR) is 119 cm³/mol. The highest BCUT2D eigenvalue weighted by molar-refractivity contribution is 6.14. The molecule has 0 saturated carbocycles. The molecule has 5 rings (SSSR count). The van der Waals surface area contributed by atoms with E-state index in [1.54, 1.807) is 14.2 Å². The van der Waals surface area contributed by atoms with Gasteiger partial charge in [0.2, 0.25) is 5.90 Å². The van der Waals surface area contributed by atoms with E-state index in [0.717, 1.165) is 49.4 Å². The van der Waals surface area contributed by atoms with Gasteiger partial charge in [0.15, 0.2) is 0 Å². The highest BCUT2D eigenvalue weighted by Crippen LogP contribution is 2.38. The number of methoxy groups -OCH3 is 1. The summed E-state index contributed by atoms with van der Waals surface area (Å²) in [4.78, 5) is 0. The zero-order valence-corrected chi connectivity index (χ0v) is 16.3. The van der Waals surface area contributed by atoms with Crippen molar-refractivity contribution >= 4 is 38.6 Å². The van der Waals surface area contributed by atoms with Gasteiger partial charge in [0.25, 0.3) is 0 Å². The highest BCUT2D eigenvalue weighted by atomic mass is 16.5. The van der Waals surface area contributed by atoms with Gasteiger partial charge in [-0.2, -0.15) is 0 Å². The molecule has 0 unspecified atom stereocenters. The SMILES string of the molecule is CN/N=C(\OC)c1cccc2c(-c3cccc4c3oc3ccccc34)cccc12. The fourth-order valence-corrected chi connectivity index (χ4v) is 4.01. The van der Waals surface area contributed by atoms with Crippen molar-refractivity contribution < 1.29 is 9.15 Å². The van der Waals surface area contributed by atoms with Crippen LogP contribution < -0.4 is 5.43 Å². The Bertz CT molecular complexity index is 1380. The topological polar surface area (TPSA) is 46.8 Å². The first kappa shape index (κ1) is 17.3. The fraction of sp³-hybridized carbons (Fsp3) is 0.0800. The van der Waals surface area contributed by atoms with E-state index in [1.807, 2.05) is 30.3 Å². The van der Waals surface area contributed by atoms with Gasteiger partial charge in [-0.3, -0.25) is 0 Å². The molecule has 0 saturated heterocycles. The van der Waals surface area contributed by atoms with Gasteiger partial charge in [-0.25, -0.2) is 0 Å². The number of furan rings is 1. The van der Waals surface area contributed by atoms with Crippen molar-refractivity contribution in [3.8, 4) is 11.1 Å². The summed E-state index contributed by atoms with van der Waals surface area (Å²) in [5.41, 5.74) is 7.76. The van der Waals surface area contributed by atoms with Gasteiger partial charge in [-0.05, 0) is 28.5 Å². The molecule has 4 aromatic carbocycles. The molecule has 0 bridgehead atoms. The maximum Gasteiger partial charge on any atom is 0.238 e. The number of hydrogen-bond donors (Lipinski definition) is 1. The molecule has 1 N–H and O–H groups in total. The van der Waals surface area contributed by atoms with Gasteiger partial charge >= 0.3 is 0 Å². The summed E-state index contributed by atoms with van der Waals surface area (Å²) in [7, 11) is 3.39. The first-order valence-electron chi connectivity index (χ1n) is 9.53. The van der Waals surface area contributed by atoms with Crippen LogP contribution in [0.1, 0.15) is 5.56 Å². The molecule has 4 heteroatoms. The molecule has 29 heavy (non-hydrogen) atoms. The van der Waals surface area contributed by atoms with Crippen LogP contribution in [0.4, 0.5) is 0 Å². The molecular weight excluding hydrogens is 360 g/mol. The number of hydrazone groups is 1. The van der Waals surface area contributed by atoms with E-state index >= 15 is 0 Å². The molecular formula is C25H20N2O2. The van der Waals surface area contributed by atoms with Crippen molar-refractivity contribution in [1.29, 1.82) is 0 Å². The summed E-state index contributed by atoms with van der Waals surface area (Å²) in [5, 5.41) is 8.73. The minimum atomic E-state index is 0.553. The van der Waals surface area contributed by atoms with Crippen LogP contribution in [0.25, 0.3) is 43.8 Å². The second-order valence-corrected chi connectivity index (χ2v) is 6.83. The van der Waals surface area contributed by atoms with Gasteiger partial charge in [0.05, 0.1) is 7.11 Å². The van der Waals surface area contributed by atoms with Crippen molar-refractivity contribution in [2.45, 2.75) is 0 Å². The summed E-state index contributed by atoms with van der Waals surface area (Å²) in [5.74, 6) is 0.553. The van der Waals surface area contributed by atoms with Gasteiger partial charge in [0, 0.05) is 28.9 Å². The van der Waals surface area contributed by atoms with Crippen molar-refractivity contribution in [3.05, 3.63) is 84.4 Å². The lowest BCUT2D eigenvalue weighted by Gasteiger charge is -2.12. The summed E-state index contributed by atoms with van der Waals surface area (Å²) in [6, 6.07) is 27.0. The van der Waals surface area contributed by atoms with Crippen LogP contribution in [0.2, 0.25) is 0 Å². The lowest BCUT2D eigenvalue weighted by Crippen LogP contribution is -2.09. The second-order valence-electron chi connectivity index (χ2n) is 6.83. The minimum Gasteiger partial charge on any atom is -0.480 e. The van der Waals surface area contributed by atoms with Crippen LogP contribution in [0.3, 0.4) is 0 Å². The highest BCUT2D eigenvalue weighted by Gasteiger charge is 2.15. The standard InChI is InChI=1S/C25H20N2O2/c1-26-27-25(28-2)22-14-6-9-16-17(10-5-11-18(16)22)20-12-7-13-21-19-8-3-4-15-23(19)29-24(20)21/h3-15,26H,1-2H3/b27-25-. The Morgan fingerprint density at radius 2 is 1.45 bits per heavy atom. The van der Waals surface area contributed by atoms with E-state index in [1.165, 1.54) is 0 Å². The monoisotopic (exact) mass is 380 g/mol. The number of rotatable bonds is 3. The third-order valence-corrected chi connectivity index (χ3v) is 5.25. The molecule has 0 spiro atoms. The maximum atomic E-state index is 6.27. The Hall–Kier alpha value is -3.79. The molecule has 0 amide bonds. The number of fused-ring (bicyclic) bond motifs is 4. The van der Waals surface area contributed by atoms with Crippen LogP contribution in [-0.2, 0) is 4.74 Å². The average molecular weight is 380 g/mol. The Morgan fingerprint density at radius 3 is 2.28 bits per heavy atom. The lowest BCUT2D eigenvalue weighted by atomic mass is 9.94. The Morgan fingerprint density at radius 1 is 0.759 bits per heavy atom. The van der Waals surface area contributed by atoms with Gasteiger partial charge in [-0.1, -0.05) is 66.7 Å². The zero-order chi connectivity index (χ0) is 19.8. The maximum absolute atomic E-state index is 6.27. The van der Waals surface area contributed by atoms with E-state index in [9.17, 15) is 0 Å². The molecule has 0 aliphatic carbocycles. The Labute approximate surface area is 168 Å². The summed E-state index contributed by atoms with van der Waals surface area (Å²) in [6.07, 6.45) is 0. The van der Waals surface area contributed by atoms with E-state index in [4.69, 9.17) is 9.15 Å². The molecule has 0 fully saturated rings. The third-order valence-electron chi connectivity index (χ3n) is 5.25.